The van der Waals surface area contributed by atoms with Crippen molar-refractivity contribution in [3.05, 3.63) is 27.7 Å². The van der Waals surface area contributed by atoms with Crippen molar-refractivity contribution in [2.75, 3.05) is 17.3 Å². The molecule has 1 aromatic carbocycles. The van der Waals surface area contributed by atoms with Gasteiger partial charge in [0.05, 0.1) is 21.8 Å². The Balaban J connectivity index is 2.79. The predicted molar refractivity (Wildman–Crippen MR) is 80.8 cm³/mol. The molecule has 0 saturated carbocycles. The van der Waals surface area contributed by atoms with Crippen LogP contribution in [-0.2, 0) is 4.79 Å². The normalized spacial score (nSPS) is 12.3. The zero-order valence-electron chi connectivity index (χ0n) is 10.3. The molecule has 0 aromatic heterocycles. The van der Waals surface area contributed by atoms with E-state index in [4.69, 9.17) is 28.9 Å². The number of aryl methyl sites for hydroxylation is 1. The van der Waals surface area contributed by atoms with Gasteiger partial charge in [-0.3, -0.25) is 4.79 Å². The fourth-order valence-corrected chi connectivity index (χ4v) is 2.32. The van der Waals surface area contributed by atoms with Gasteiger partial charge in [0.2, 0.25) is 5.91 Å². The molecule has 0 aliphatic carbocycles. The quantitative estimate of drug-likeness (QED) is 0.877. The van der Waals surface area contributed by atoms with Gasteiger partial charge in [0.1, 0.15) is 0 Å². The van der Waals surface area contributed by atoms with E-state index in [-0.39, 0.29) is 5.91 Å². The van der Waals surface area contributed by atoms with Gasteiger partial charge in [-0.15, -0.1) is 0 Å². The van der Waals surface area contributed by atoms with Crippen molar-refractivity contribution < 1.29 is 4.79 Å². The Bertz CT molecular complexity index is 440. The molecule has 0 spiro atoms. The van der Waals surface area contributed by atoms with Crippen molar-refractivity contribution >= 4 is 46.6 Å². The first-order valence-electron chi connectivity index (χ1n) is 5.47. The molecule has 1 atom stereocenters. The van der Waals surface area contributed by atoms with E-state index in [1.165, 1.54) is 0 Å². The van der Waals surface area contributed by atoms with Crippen LogP contribution in [0.5, 0.6) is 0 Å². The molecule has 1 rings (SSSR count). The van der Waals surface area contributed by atoms with Crippen molar-refractivity contribution in [3.8, 4) is 0 Å². The van der Waals surface area contributed by atoms with Crippen molar-refractivity contribution in [2.24, 2.45) is 5.73 Å². The predicted octanol–water partition coefficient (Wildman–Crippen LogP) is 3.32. The summed E-state index contributed by atoms with van der Waals surface area (Å²) in [7, 11) is 0. The van der Waals surface area contributed by atoms with Crippen molar-refractivity contribution in [1.29, 1.82) is 0 Å². The summed E-state index contributed by atoms with van der Waals surface area (Å²) in [6.07, 6.45) is 2.59. The first-order chi connectivity index (χ1) is 8.47. The minimum absolute atomic E-state index is 0.265. The third-order valence-corrected chi connectivity index (χ3v) is 3.95. The molecule has 0 radical (unpaired) electrons. The van der Waals surface area contributed by atoms with E-state index in [9.17, 15) is 4.79 Å². The summed E-state index contributed by atoms with van der Waals surface area (Å²) in [6.45, 7) is 1.85. The summed E-state index contributed by atoms with van der Waals surface area (Å²) in [5.41, 5.74) is 7.07. The fraction of sp³-hybridized carbons (Fsp3) is 0.417. The summed E-state index contributed by atoms with van der Waals surface area (Å²) in [5.74, 6) is 0.572. The maximum Gasteiger partial charge on any atom is 0.241 e. The van der Waals surface area contributed by atoms with E-state index in [0.717, 1.165) is 11.3 Å². The Morgan fingerprint density at radius 1 is 1.50 bits per heavy atom. The molecule has 3 N–H and O–H groups in total. The Hall–Kier alpha value is -0.420. The standard InChI is InChI=1S/C12H16Cl2N2OS/c1-7-3-4-8(13)11(10(7)14)16-12(17)9(15)5-6-18-2/h3-4,9H,5-6,15H2,1-2H3,(H,16,17)/t9-/m0/s1. The lowest BCUT2D eigenvalue weighted by Crippen LogP contribution is -2.36. The zero-order chi connectivity index (χ0) is 13.7. The second-order valence-electron chi connectivity index (χ2n) is 3.93. The number of amides is 1. The van der Waals surface area contributed by atoms with E-state index >= 15 is 0 Å². The molecule has 6 heteroatoms. The van der Waals surface area contributed by atoms with Crippen molar-refractivity contribution in [2.45, 2.75) is 19.4 Å². The van der Waals surface area contributed by atoms with Crippen LogP contribution in [0.25, 0.3) is 0 Å². The molecule has 0 aliphatic heterocycles. The lowest BCUT2D eigenvalue weighted by atomic mass is 10.2. The number of nitrogens with two attached hydrogens (primary N) is 1. The van der Waals surface area contributed by atoms with E-state index in [2.05, 4.69) is 5.32 Å². The third-order valence-electron chi connectivity index (χ3n) is 2.50. The van der Waals surface area contributed by atoms with Gasteiger partial charge >= 0.3 is 0 Å². The minimum atomic E-state index is -0.551. The van der Waals surface area contributed by atoms with Crippen molar-refractivity contribution in [3.63, 3.8) is 0 Å². The molecule has 0 fully saturated rings. The Labute approximate surface area is 121 Å². The smallest absolute Gasteiger partial charge is 0.241 e. The van der Waals surface area contributed by atoms with Crippen LogP contribution in [0.4, 0.5) is 5.69 Å². The Morgan fingerprint density at radius 3 is 2.78 bits per heavy atom. The second-order valence-corrected chi connectivity index (χ2v) is 5.70. The topological polar surface area (TPSA) is 55.1 Å². The molecule has 0 unspecified atom stereocenters. The fourth-order valence-electron chi connectivity index (χ4n) is 1.36. The van der Waals surface area contributed by atoms with Crippen LogP contribution in [-0.4, -0.2) is 24.0 Å². The Kier molecular flexibility index (Phi) is 6.29. The van der Waals surface area contributed by atoms with Crippen LogP contribution < -0.4 is 11.1 Å². The van der Waals surface area contributed by atoms with Gasteiger partial charge in [0.25, 0.3) is 0 Å². The molecule has 0 bridgehead atoms. The van der Waals surface area contributed by atoms with Crippen LogP contribution in [0.1, 0.15) is 12.0 Å². The first kappa shape index (κ1) is 15.6. The average Bonchev–Trinajstić information content (AvgIpc) is 2.36. The SMILES string of the molecule is CSCC[C@H](N)C(=O)Nc1c(Cl)ccc(C)c1Cl. The van der Waals surface area contributed by atoms with Crippen molar-refractivity contribution in [1.82, 2.24) is 0 Å². The van der Waals surface area contributed by atoms with Crippen LogP contribution in [0.3, 0.4) is 0 Å². The van der Waals surface area contributed by atoms with Crippen LogP contribution >= 0.6 is 35.0 Å². The highest BCUT2D eigenvalue weighted by atomic mass is 35.5. The van der Waals surface area contributed by atoms with E-state index < -0.39 is 6.04 Å². The number of anilines is 1. The summed E-state index contributed by atoms with van der Waals surface area (Å²) < 4.78 is 0. The highest BCUT2D eigenvalue weighted by Gasteiger charge is 2.16. The lowest BCUT2D eigenvalue weighted by Gasteiger charge is -2.14. The van der Waals surface area contributed by atoms with Gasteiger partial charge < -0.3 is 11.1 Å². The molecule has 18 heavy (non-hydrogen) atoms. The summed E-state index contributed by atoms with van der Waals surface area (Å²) in [5, 5.41) is 3.56. The van der Waals surface area contributed by atoms with Crippen LogP contribution in [0.2, 0.25) is 10.0 Å². The summed E-state index contributed by atoms with van der Waals surface area (Å²) in [4.78, 5) is 11.9. The lowest BCUT2D eigenvalue weighted by molar-refractivity contribution is -0.117. The molecule has 1 amide bonds. The van der Waals surface area contributed by atoms with Gasteiger partial charge in [-0.1, -0.05) is 29.3 Å². The van der Waals surface area contributed by atoms with E-state index in [0.29, 0.717) is 22.2 Å². The molecule has 100 valence electrons. The molecule has 0 saturated heterocycles. The number of rotatable bonds is 5. The number of carbonyl (C=O) groups is 1. The van der Waals surface area contributed by atoms with Gasteiger partial charge in [0, 0.05) is 0 Å². The summed E-state index contributed by atoms with van der Waals surface area (Å²) >= 11 is 13.8. The highest BCUT2D eigenvalue weighted by molar-refractivity contribution is 7.98. The number of nitrogens with one attached hydrogen (secondary N) is 1. The minimum Gasteiger partial charge on any atom is -0.322 e. The maximum atomic E-state index is 11.9. The number of halogens is 2. The molecule has 3 nitrogen and oxygen atoms in total. The largest absolute Gasteiger partial charge is 0.322 e. The number of hydrogen-bond acceptors (Lipinski definition) is 3. The number of benzene rings is 1. The van der Waals surface area contributed by atoms with Gasteiger partial charge in [-0.05, 0) is 37.0 Å². The van der Waals surface area contributed by atoms with E-state index in [1.54, 1.807) is 23.9 Å². The zero-order valence-corrected chi connectivity index (χ0v) is 12.6. The Morgan fingerprint density at radius 2 is 2.17 bits per heavy atom. The summed E-state index contributed by atoms with van der Waals surface area (Å²) in [6, 6.07) is 2.95. The molecule has 1 aromatic rings. The molecular weight excluding hydrogens is 291 g/mol. The highest BCUT2D eigenvalue weighted by Crippen LogP contribution is 2.32. The van der Waals surface area contributed by atoms with Gasteiger partial charge in [-0.2, -0.15) is 11.8 Å². The average molecular weight is 307 g/mol. The number of carbonyl (C=O) groups excluding carboxylic acids is 1. The molecule has 0 aliphatic rings. The number of hydrogen-bond donors (Lipinski definition) is 2. The second kappa shape index (κ2) is 7.24. The first-order valence-corrected chi connectivity index (χ1v) is 7.62. The van der Waals surface area contributed by atoms with Gasteiger partial charge in [-0.25, -0.2) is 0 Å². The molecular formula is C12H16Cl2N2OS. The maximum absolute atomic E-state index is 11.9. The van der Waals surface area contributed by atoms with Gasteiger partial charge in [0.15, 0.2) is 0 Å². The monoisotopic (exact) mass is 306 g/mol. The van der Waals surface area contributed by atoms with E-state index in [1.807, 2.05) is 13.2 Å². The molecule has 0 heterocycles. The third kappa shape index (κ3) is 4.05. The number of thioether (sulfide) groups is 1. The van der Waals surface area contributed by atoms with Crippen LogP contribution in [0, 0.1) is 6.92 Å². The van der Waals surface area contributed by atoms with Crippen LogP contribution in [0.15, 0.2) is 12.1 Å².